The number of aliphatic hydroxyl groups is 1. The topological polar surface area (TPSA) is 46.2 Å². The van der Waals surface area contributed by atoms with Gasteiger partial charge in [-0.2, -0.15) is 0 Å². The van der Waals surface area contributed by atoms with E-state index >= 15 is 0 Å². The number of rotatable bonds is 5. The van der Waals surface area contributed by atoms with Gasteiger partial charge in [-0.25, -0.2) is 0 Å². The lowest BCUT2D eigenvalue weighted by atomic mass is 9.91. The van der Waals surface area contributed by atoms with Crippen LogP contribution in [0.4, 0.5) is 0 Å². The van der Waals surface area contributed by atoms with E-state index in [9.17, 15) is 5.11 Å². The Hall–Kier alpha value is -0.0800. The highest BCUT2D eigenvalue weighted by atomic mass is 16.3. The van der Waals surface area contributed by atoms with Crippen LogP contribution in [0.25, 0.3) is 0 Å². The van der Waals surface area contributed by atoms with Gasteiger partial charge in [0.1, 0.15) is 0 Å². The molecule has 3 unspecified atom stereocenters. The first-order chi connectivity index (χ1) is 6.03. The van der Waals surface area contributed by atoms with E-state index in [-0.39, 0.29) is 6.10 Å². The van der Waals surface area contributed by atoms with E-state index in [1.165, 1.54) is 0 Å². The van der Waals surface area contributed by atoms with Crippen LogP contribution >= 0.6 is 0 Å². The molecule has 2 heteroatoms. The van der Waals surface area contributed by atoms with Crippen molar-refractivity contribution in [1.29, 1.82) is 0 Å². The molecular weight excluding hydrogens is 162 g/mol. The fourth-order valence-electron chi connectivity index (χ4n) is 2.22. The molecule has 1 rings (SSSR count). The second-order valence-electron chi connectivity index (χ2n) is 5.07. The van der Waals surface area contributed by atoms with Gasteiger partial charge in [-0.15, -0.1) is 0 Å². The van der Waals surface area contributed by atoms with Crippen LogP contribution in [0, 0.1) is 17.3 Å². The molecule has 0 saturated heterocycles. The SMILES string of the molecule is CCCC(CN)C(O)C1CC1(C)C. The Bertz CT molecular complexity index is 167. The lowest BCUT2D eigenvalue weighted by Gasteiger charge is -2.22. The maximum atomic E-state index is 10.0. The van der Waals surface area contributed by atoms with E-state index in [0.29, 0.717) is 23.8 Å². The molecule has 1 saturated carbocycles. The smallest absolute Gasteiger partial charge is 0.0613 e. The zero-order valence-electron chi connectivity index (χ0n) is 9.09. The van der Waals surface area contributed by atoms with Crippen molar-refractivity contribution in [2.75, 3.05) is 6.54 Å². The predicted octanol–water partition coefficient (Wildman–Crippen LogP) is 1.77. The summed E-state index contributed by atoms with van der Waals surface area (Å²) in [6.45, 7) is 7.22. The Balaban J connectivity index is 2.41. The van der Waals surface area contributed by atoms with E-state index in [1.54, 1.807) is 0 Å². The Kier molecular flexibility index (Phi) is 3.36. The van der Waals surface area contributed by atoms with Crippen LogP contribution in [0.15, 0.2) is 0 Å². The standard InChI is InChI=1S/C11H23NO/c1-4-5-8(7-12)10(13)9-6-11(9,2)3/h8-10,13H,4-7,12H2,1-3H3. The fraction of sp³-hybridized carbons (Fsp3) is 1.00. The summed E-state index contributed by atoms with van der Waals surface area (Å²) in [5.41, 5.74) is 6.02. The molecule has 0 aliphatic heterocycles. The van der Waals surface area contributed by atoms with Crippen LogP contribution < -0.4 is 5.73 Å². The molecule has 0 bridgehead atoms. The lowest BCUT2D eigenvalue weighted by molar-refractivity contribution is 0.0737. The highest BCUT2D eigenvalue weighted by Gasteiger charge is 2.51. The normalized spacial score (nSPS) is 29.8. The van der Waals surface area contributed by atoms with Gasteiger partial charge in [-0.05, 0) is 36.6 Å². The highest BCUT2D eigenvalue weighted by Crippen LogP contribution is 2.54. The maximum Gasteiger partial charge on any atom is 0.0613 e. The first-order valence-corrected chi connectivity index (χ1v) is 5.41. The quantitative estimate of drug-likeness (QED) is 0.685. The summed E-state index contributed by atoms with van der Waals surface area (Å²) >= 11 is 0. The van der Waals surface area contributed by atoms with Crippen molar-refractivity contribution in [2.45, 2.75) is 46.1 Å². The van der Waals surface area contributed by atoms with Crippen LogP contribution in [0.3, 0.4) is 0 Å². The average Bonchev–Trinajstić information content (AvgIpc) is 2.70. The van der Waals surface area contributed by atoms with Crippen LogP contribution in [0.1, 0.15) is 40.0 Å². The molecule has 0 aromatic heterocycles. The summed E-state index contributed by atoms with van der Waals surface area (Å²) in [7, 11) is 0. The van der Waals surface area contributed by atoms with Crippen molar-refractivity contribution in [1.82, 2.24) is 0 Å². The molecule has 0 aromatic carbocycles. The molecular formula is C11H23NO. The van der Waals surface area contributed by atoms with Gasteiger partial charge in [0.2, 0.25) is 0 Å². The Morgan fingerprint density at radius 1 is 1.54 bits per heavy atom. The van der Waals surface area contributed by atoms with Gasteiger partial charge < -0.3 is 10.8 Å². The Labute approximate surface area is 81.5 Å². The van der Waals surface area contributed by atoms with Crippen LogP contribution in [0.2, 0.25) is 0 Å². The third kappa shape index (κ3) is 2.44. The Morgan fingerprint density at radius 3 is 2.38 bits per heavy atom. The van der Waals surface area contributed by atoms with Gasteiger partial charge >= 0.3 is 0 Å². The van der Waals surface area contributed by atoms with E-state index in [0.717, 1.165) is 19.3 Å². The zero-order valence-corrected chi connectivity index (χ0v) is 9.09. The molecule has 78 valence electrons. The summed E-state index contributed by atoms with van der Waals surface area (Å²) in [6.07, 6.45) is 3.17. The molecule has 1 fully saturated rings. The Morgan fingerprint density at radius 2 is 2.08 bits per heavy atom. The molecule has 2 nitrogen and oxygen atoms in total. The van der Waals surface area contributed by atoms with Gasteiger partial charge in [0, 0.05) is 0 Å². The third-order valence-electron chi connectivity index (χ3n) is 3.45. The molecule has 0 aromatic rings. The molecule has 0 heterocycles. The van der Waals surface area contributed by atoms with Gasteiger partial charge in [-0.3, -0.25) is 0 Å². The van der Waals surface area contributed by atoms with Crippen molar-refractivity contribution in [3.63, 3.8) is 0 Å². The fourth-order valence-corrected chi connectivity index (χ4v) is 2.22. The minimum atomic E-state index is -0.167. The van der Waals surface area contributed by atoms with Crippen LogP contribution in [-0.4, -0.2) is 17.8 Å². The van der Waals surface area contributed by atoms with E-state index in [2.05, 4.69) is 20.8 Å². The van der Waals surface area contributed by atoms with Crippen molar-refractivity contribution in [3.05, 3.63) is 0 Å². The summed E-state index contributed by atoms with van der Waals surface area (Å²) in [5, 5.41) is 10.0. The maximum absolute atomic E-state index is 10.0. The van der Waals surface area contributed by atoms with E-state index in [4.69, 9.17) is 5.73 Å². The molecule has 0 radical (unpaired) electrons. The zero-order chi connectivity index (χ0) is 10.1. The van der Waals surface area contributed by atoms with Gasteiger partial charge in [-0.1, -0.05) is 27.2 Å². The second kappa shape index (κ2) is 3.97. The molecule has 3 atom stereocenters. The van der Waals surface area contributed by atoms with E-state index in [1.807, 2.05) is 0 Å². The number of hydrogen-bond acceptors (Lipinski definition) is 2. The molecule has 1 aliphatic rings. The molecule has 1 aliphatic carbocycles. The van der Waals surface area contributed by atoms with Gasteiger partial charge in [0.25, 0.3) is 0 Å². The number of nitrogens with two attached hydrogens (primary N) is 1. The predicted molar refractivity (Wildman–Crippen MR) is 55.3 cm³/mol. The summed E-state index contributed by atoms with van der Waals surface area (Å²) in [6, 6.07) is 0. The van der Waals surface area contributed by atoms with Gasteiger partial charge in [0.15, 0.2) is 0 Å². The van der Waals surface area contributed by atoms with Crippen LogP contribution in [0.5, 0.6) is 0 Å². The highest BCUT2D eigenvalue weighted by molar-refractivity contribution is 5.00. The second-order valence-corrected chi connectivity index (χ2v) is 5.07. The van der Waals surface area contributed by atoms with Crippen molar-refractivity contribution >= 4 is 0 Å². The first kappa shape index (κ1) is 11.0. The third-order valence-corrected chi connectivity index (χ3v) is 3.45. The molecule has 0 amide bonds. The minimum absolute atomic E-state index is 0.167. The van der Waals surface area contributed by atoms with Crippen molar-refractivity contribution < 1.29 is 5.11 Å². The van der Waals surface area contributed by atoms with E-state index < -0.39 is 0 Å². The lowest BCUT2D eigenvalue weighted by Crippen LogP contribution is -2.30. The largest absolute Gasteiger partial charge is 0.392 e. The summed E-state index contributed by atoms with van der Waals surface area (Å²) in [5.74, 6) is 0.810. The summed E-state index contributed by atoms with van der Waals surface area (Å²) < 4.78 is 0. The molecule has 13 heavy (non-hydrogen) atoms. The van der Waals surface area contributed by atoms with Crippen molar-refractivity contribution in [3.8, 4) is 0 Å². The molecule has 0 spiro atoms. The summed E-state index contributed by atoms with van der Waals surface area (Å²) in [4.78, 5) is 0. The van der Waals surface area contributed by atoms with Crippen molar-refractivity contribution in [2.24, 2.45) is 23.0 Å². The number of hydrogen-bond donors (Lipinski definition) is 2. The van der Waals surface area contributed by atoms with Crippen LogP contribution in [-0.2, 0) is 0 Å². The molecule has 3 N–H and O–H groups in total. The number of aliphatic hydroxyl groups excluding tert-OH is 1. The average molecular weight is 185 g/mol. The monoisotopic (exact) mass is 185 g/mol. The van der Waals surface area contributed by atoms with Gasteiger partial charge in [0.05, 0.1) is 6.10 Å². The minimum Gasteiger partial charge on any atom is -0.392 e. The first-order valence-electron chi connectivity index (χ1n) is 5.41.